The molecule has 0 saturated heterocycles. The van der Waals surface area contributed by atoms with Gasteiger partial charge in [0.05, 0.1) is 5.02 Å². The molecule has 70 valence electrons. The lowest BCUT2D eigenvalue weighted by molar-refractivity contribution is -0.115. The summed E-state index contributed by atoms with van der Waals surface area (Å²) >= 11 is 8.54. The van der Waals surface area contributed by atoms with Gasteiger partial charge in [0.15, 0.2) is 6.29 Å². The van der Waals surface area contributed by atoms with Gasteiger partial charge in [0, 0.05) is 10.0 Å². The number of aldehydes is 1. The minimum atomic E-state index is -1.47. The lowest BCUT2D eigenvalue weighted by atomic mass is 10.1. The van der Waals surface area contributed by atoms with Gasteiger partial charge < -0.3 is 9.90 Å². The highest BCUT2D eigenvalue weighted by molar-refractivity contribution is 9.10. The molecule has 1 aromatic rings. The average molecular weight is 267 g/mol. The van der Waals surface area contributed by atoms with E-state index in [1.54, 1.807) is 0 Å². The summed E-state index contributed by atoms with van der Waals surface area (Å²) in [5.74, 6) is -0.782. The molecule has 0 saturated carbocycles. The molecule has 5 heteroatoms. The molecule has 1 aromatic carbocycles. The number of halogens is 3. The molecule has 1 rings (SSSR count). The van der Waals surface area contributed by atoms with Crippen LogP contribution in [0.1, 0.15) is 11.7 Å². The summed E-state index contributed by atoms with van der Waals surface area (Å²) in [4.78, 5) is 10.2. The summed E-state index contributed by atoms with van der Waals surface area (Å²) in [6.07, 6.45) is -1.23. The standard InChI is InChI=1S/C8H5BrClFO2/c9-5-2-1-4(6(13)3-12)8(11)7(5)10/h1-3,6,13H. The molecule has 0 aliphatic rings. The Labute approximate surface area is 87.5 Å². The van der Waals surface area contributed by atoms with E-state index in [0.29, 0.717) is 4.47 Å². The number of hydrogen-bond donors (Lipinski definition) is 1. The topological polar surface area (TPSA) is 37.3 Å². The number of benzene rings is 1. The Morgan fingerprint density at radius 3 is 2.77 bits per heavy atom. The van der Waals surface area contributed by atoms with Crippen molar-refractivity contribution in [3.05, 3.63) is 33.0 Å². The van der Waals surface area contributed by atoms with Gasteiger partial charge in [-0.2, -0.15) is 0 Å². The summed E-state index contributed by atoms with van der Waals surface area (Å²) < 4.78 is 13.6. The first-order valence-electron chi connectivity index (χ1n) is 3.34. The van der Waals surface area contributed by atoms with E-state index in [9.17, 15) is 9.18 Å². The molecule has 0 amide bonds. The summed E-state index contributed by atoms with van der Waals surface area (Å²) in [6, 6.07) is 2.76. The van der Waals surface area contributed by atoms with Crippen molar-refractivity contribution in [2.45, 2.75) is 6.10 Å². The maximum absolute atomic E-state index is 13.2. The van der Waals surface area contributed by atoms with E-state index in [-0.39, 0.29) is 16.9 Å². The second-order valence-corrected chi connectivity index (χ2v) is 3.58. The molecule has 0 fully saturated rings. The van der Waals surface area contributed by atoms with E-state index in [4.69, 9.17) is 16.7 Å². The quantitative estimate of drug-likeness (QED) is 0.660. The van der Waals surface area contributed by atoms with Gasteiger partial charge in [-0.15, -0.1) is 0 Å². The maximum atomic E-state index is 13.2. The van der Waals surface area contributed by atoms with Crippen molar-refractivity contribution in [3.8, 4) is 0 Å². The highest BCUT2D eigenvalue weighted by Crippen LogP contribution is 2.29. The van der Waals surface area contributed by atoms with Crippen molar-refractivity contribution in [3.63, 3.8) is 0 Å². The van der Waals surface area contributed by atoms with Gasteiger partial charge in [0.2, 0.25) is 0 Å². The van der Waals surface area contributed by atoms with E-state index >= 15 is 0 Å². The van der Waals surface area contributed by atoms with E-state index in [1.165, 1.54) is 12.1 Å². The molecule has 0 aliphatic heterocycles. The van der Waals surface area contributed by atoms with Crippen LogP contribution in [0.25, 0.3) is 0 Å². The van der Waals surface area contributed by atoms with E-state index in [1.807, 2.05) is 0 Å². The highest BCUT2D eigenvalue weighted by Gasteiger charge is 2.15. The van der Waals surface area contributed by atoms with E-state index < -0.39 is 11.9 Å². The fraction of sp³-hybridized carbons (Fsp3) is 0.125. The highest BCUT2D eigenvalue weighted by atomic mass is 79.9. The second-order valence-electron chi connectivity index (χ2n) is 2.35. The van der Waals surface area contributed by atoms with Crippen LogP contribution in [-0.2, 0) is 4.79 Å². The van der Waals surface area contributed by atoms with Crippen molar-refractivity contribution < 1.29 is 14.3 Å². The molecule has 0 aliphatic carbocycles. The van der Waals surface area contributed by atoms with Gasteiger partial charge in [-0.25, -0.2) is 4.39 Å². The smallest absolute Gasteiger partial charge is 0.153 e. The Morgan fingerprint density at radius 1 is 1.62 bits per heavy atom. The Kier molecular flexibility index (Phi) is 3.41. The molecular weight excluding hydrogens is 262 g/mol. The molecule has 1 unspecified atom stereocenters. The van der Waals surface area contributed by atoms with E-state index in [2.05, 4.69) is 15.9 Å². The van der Waals surface area contributed by atoms with Gasteiger partial charge in [-0.1, -0.05) is 17.7 Å². The summed E-state index contributed by atoms with van der Waals surface area (Å²) in [5.41, 5.74) is -0.122. The minimum Gasteiger partial charge on any atom is -0.381 e. The van der Waals surface area contributed by atoms with Crippen molar-refractivity contribution in [2.24, 2.45) is 0 Å². The number of aliphatic hydroxyl groups excluding tert-OH is 1. The van der Waals surface area contributed by atoms with Crippen LogP contribution in [0.2, 0.25) is 5.02 Å². The zero-order chi connectivity index (χ0) is 10.0. The Bertz CT molecular complexity index is 343. The van der Waals surface area contributed by atoms with E-state index in [0.717, 1.165) is 0 Å². The normalized spacial score (nSPS) is 12.6. The molecule has 1 N–H and O–H groups in total. The van der Waals surface area contributed by atoms with Crippen molar-refractivity contribution in [1.29, 1.82) is 0 Å². The van der Waals surface area contributed by atoms with Crippen LogP contribution < -0.4 is 0 Å². The second kappa shape index (κ2) is 4.17. The molecule has 1 atom stereocenters. The van der Waals surface area contributed by atoms with Crippen molar-refractivity contribution in [2.75, 3.05) is 0 Å². The van der Waals surface area contributed by atoms with Gasteiger partial charge in [-0.3, -0.25) is 0 Å². The average Bonchev–Trinajstić information content (AvgIpc) is 2.13. The zero-order valence-corrected chi connectivity index (χ0v) is 8.64. The fourth-order valence-corrected chi connectivity index (χ4v) is 1.32. The first-order chi connectivity index (χ1) is 6.07. The molecule has 2 nitrogen and oxygen atoms in total. The van der Waals surface area contributed by atoms with Crippen LogP contribution in [0.4, 0.5) is 4.39 Å². The summed E-state index contributed by atoms with van der Waals surface area (Å²) in [6.45, 7) is 0. The fourth-order valence-electron chi connectivity index (χ4n) is 0.843. The molecule has 0 radical (unpaired) electrons. The van der Waals surface area contributed by atoms with Gasteiger partial charge in [0.1, 0.15) is 11.9 Å². The Morgan fingerprint density at radius 2 is 2.23 bits per heavy atom. The number of carbonyl (C=O) groups is 1. The van der Waals surface area contributed by atoms with Crippen LogP contribution in [-0.4, -0.2) is 11.4 Å². The number of rotatable bonds is 2. The predicted octanol–water partition coefficient (Wildman–Crippen LogP) is 2.47. The number of hydrogen-bond acceptors (Lipinski definition) is 2. The molecule has 0 heterocycles. The Balaban J connectivity index is 3.25. The van der Waals surface area contributed by atoms with Gasteiger partial charge in [0.25, 0.3) is 0 Å². The Hall–Kier alpha value is -0.450. The predicted molar refractivity (Wildman–Crippen MR) is 50.1 cm³/mol. The van der Waals surface area contributed by atoms with Crippen LogP contribution in [0.5, 0.6) is 0 Å². The lowest BCUT2D eigenvalue weighted by Gasteiger charge is -2.06. The van der Waals surface area contributed by atoms with Crippen LogP contribution in [0, 0.1) is 5.82 Å². The monoisotopic (exact) mass is 266 g/mol. The third-order valence-electron chi connectivity index (χ3n) is 1.51. The molecule has 0 spiro atoms. The SMILES string of the molecule is O=CC(O)c1ccc(Br)c(Cl)c1F. The molecule has 13 heavy (non-hydrogen) atoms. The number of aliphatic hydroxyl groups is 1. The van der Waals surface area contributed by atoms with Crippen molar-refractivity contribution >= 4 is 33.8 Å². The maximum Gasteiger partial charge on any atom is 0.153 e. The van der Waals surface area contributed by atoms with Crippen LogP contribution in [0.3, 0.4) is 0 Å². The van der Waals surface area contributed by atoms with Gasteiger partial charge >= 0.3 is 0 Å². The summed E-state index contributed by atoms with van der Waals surface area (Å²) in [5, 5.41) is 8.90. The van der Waals surface area contributed by atoms with Crippen LogP contribution in [0.15, 0.2) is 16.6 Å². The molecular formula is C8H5BrClFO2. The molecule has 0 aromatic heterocycles. The lowest BCUT2D eigenvalue weighted by Crippen LogP contribution is -2.02. The van der Waals surface area contributed by atoms with Crippen LogP contribution >= 0.6 is 27.5 Å². The first-order valence-corrected chi connectivity index (χ1v) is 4.51. The van der Waals surface area contributed by atoms with Crippen molar-refractivity contribution in [1.82, 2.24) is 0 Å². The molecule has 0 bridgehead atoms. The third kappa shape index (κ3) is 2.07. The first kappa shape index (κ1) is 10.6. The van der Waals surface area contributed by atoms with Gasteiger partial charge in [-0.05, 0) is 22.0 Å². The third-order valence-corrected chi connectivity index (χ3v) is 2.77. The largest absolute Gasteiger partial charge is 0.381 e. The minimum absolute atomic E-state index is 0.122. The number of carbonyl (C=O) groups excluding carboxylic acids is 1. The zero-order valence-electron chi connectivity index (χ0n) is 6.30. The summed E-state index contributed by atoms with van der Waals surface area (Å²) in [7, 11) is 0.